The molecule has 4 N–H and O–H groups in total. The smallest absolute Gasteiger partial charge is 0.163 e. The average Bonchev–Trinajstić information content (AvgIpc) is 2.26. The molecule has 0 unspecified atom stereocenters. The van der Waals surface area contributed by atoms with E-state index in [0.717, 1.165) is 5.56 Å². The van der Waals surface area contributed by atoms with Gasteiger partial charge in [-0.15, -0.1) is 12.6 Å². The van der Waals surface area contributed by atoms with Crippen LogP contribution in [0.2, 0.25) is 0 Å². The van der Waals surface area contributed by atoms with Gasteiger partial charge in [-0.3, -0.25) is 15.4 Å². The van der Waals surface area contributed by atoms with E-state index in [-0.39, 0.29) is 10.7 Å². The van der Waals surface area contributed by atoms with E-state index in [1.54, 1.807) is 31.6 Å². The van der Waals surface area contributed by atoms with Crippen LogP contribution in [0.25, 0.3) is 5.57 Å². The summed E-state index contributed by atoms with van der Waals surface area (Å²) in [4.78, 5) is 0. The van der Waals surface area contributed by atoms with Gasteiger partial charge in [-0.2, -0.15) is 0 Å². The molecule has 0 bridgehead atoms. The first-order valence-corrected chi connectivity index (χ1v) is 4.98. The highest BCUT2D eigenvalue weighted by Crippen LogP contribution is 2.09. The first-order chi connectivity index (χ1) is 7.60. The molecule has 6 heteroatoms. The molecule has 16 heavy (non-hydrogen) atoms. The van der Waals surface area contributed by atoms with Crippen LogP contribution in [0.1, 0.15) is 5.56 Å². The molecule has 1 rings (SSSR count). The highest BCUT2D eigenvalue weighted by Gasteiger charge is 2.02. The molecular formula is C10H13N5S. The Morgan fingerprint density at radius 2 is 2.19 bits per heavy atom. The van der Waals surface area contributed by atoms with Gasteiger partial charge in [0.1, 0.15) is 5.49 Å². The molecule has 0 aliphatic rings. The maximum absolute atomic E-state index is 7.58. The van der Waals surface area contributed by atoms with Crippen LogP contribution in [0.4, 0.5) is 0 Å². The molecule has 1 heterocycles. The van der Waals surface area contributed by atoms with E-state index in [4.69, 9.17) is 16.2 Å². The van der Waals surface area contributed by atoms with Gasteiger partial charge in [-0.25, -0.2) is 0 Å². The molecule has 0 fully saturated rings. The first kappa shape index (κ1) is 12.3. The lowest BCUT2D eigenvalue weighted by Crippen LogP contribution is -2.22. The number of thiol groups is 1. The van der Waals surface area contributed by atoms with Gasteiger partial charge in [0.05, 0.1) is 0 Å². The first-order valence-electron chi connectivity index (χ1n) is 4.53. The fourth-order valence-corrected chi connectivity index (χ4v) is 1.38. The number of hydrogen-bond acceptors (Lipinski definition) is 4. The van der Waals surface area contributed by atoms with Crippen LogP contribution in [0, 0.1) is 16.2 Å². The minimum atomic E-state index is -0.0272. The lowest BCUT2D eigenvalue weighted by molar-refractivity contribution is 0.977. The van der Waals surface area contributed by atoms with Crippen LogP contribution < -0.4 is 10.8 Å². The number of nitrogens with one attached hydrogen (secondary N) is 4. The number of rotatable bonds is 3. The summed E-state index contributed by atoms with van der Waals surface area (Å²) in [6.45, 7) is 0. The number of pyridine rings is 1. The number of allylic oxidation sites excluding steroid dienone is 1. The van der Waals surface area contributed by atoms with Crippen LogP contribution in [-0.2, 0) is 0 Å². The van der Waals surface area contributed by atoms with E-state index in [1.807, 2.05) is 0 Å². The Kier molecular flexibility index (Phi) is 4.07. The third-order valence-electron chi connectivity index (χ3n) is 1.97. The van der Waals surface area contributed by atoms with Crippen molar-refractivity contribution in [1.82, 2.24) is 9.88 Å². The zero-order valence-corrected chi connectivity index (χ0v) is 9.68. The normalized spacial score (nSPS) is 11.0. The quantitative estimate of drug-likeness (QED) is 0.301. The van der Waals surface area contributed by atoms with Crippen molar-refractivity contribution in [3.63, 3.8) is 0 Å². The van der Waals surface area contributed by atoms with Gasteiger partial charge in [0.2, 0.25) is 0 Å². The second-order valence-electron chi connectivity index (χ2n) is 3.03. The second-order valence-corrected chi connectivity index (χ2v) is 3.45. The number of aromatic nitrogens is 1. The molecule has 1 aromatic heterocycles. The highest BCUT2D eigenvalue weighted by molar-refractivity contribution is 7.96. The van der Waals surface area contributed by atoms with E-state index in [9.17, 15) is 0 Å². The summed E-state index contributed by atoms with van der Waals surface area (Å²) in [5.74, 6) is 0. The van der Waals surface area contributed by atoms with Crippen molar-refractivity contribution in [2.75, 3.05) is 7.05 Å². The molecule has 0 atom stereocenters. The molecule has 1 aromatic rings. The van der Waals surface area contributed by atoms with Crippen molar-refractivity contribution in [2.45, 2.75) is 0 Å². The van der Waals surface area contributed by atoms with Crippen LogP contribution in [0.5, 0.6) is 0 Å². The van der Waals surface area contributed by atoms with Crippen molar-refractivity contribution in [2.24, 2.45) is 0 Å². The van der Waals surface area contributed by atoms with Gasteiger partial charge in [0.15, 0.2) is 5.17 Å². The highest BCUT2D eigenvalue weighted by atomic mass is 32.1. The maximum Gasteiger partial charge on any atom is 0.163 e. The third kappa shape index (κ3) is 2.60. The van der Waals surface area contributed by atoms with Crippen molar-refractivity contribution >= 4 is 29.6 Å². The topological polar surface area (TPSA) is 88.5 Å². The average molecular weight is 235 g/mol. The van der Waals surface area contributed by atoms with Crippen LogP contribution >= 0.6 is 12.6 Å². The zero-order chi connectivity index (χ0) is 12.1. The Labute approximate surface area is 98.8 Å². The summed E-state index contributed by atoms with van der Waals surface area (Å²) in [5.41, 5.74) is 1.60. The predicted molar refractivity (Wildman–Crippen MR) is 68.2 cm³/mol. The Morgan fingerprint density at radius 3 is 2.69 bits per heavy atom. The minimum Gasteiger partial charge on any atom is -0.393 e. The fraction of sp³-hybridized carbons (Fsp3) is 0.100. The van der Waals surface area contributed by atoms with E-state index in [2.05, 4.69) is 17.9 Å². The summed E-state index contributed by atoms with van der Waals surface area (Å²) >= 11 is 3.89. The fourth-order valence-electron chi connectivity index (χ4n) is 1.21. The molecule has 0 aromatic carbocycles. The Hall–Kier alpha value is -1.82. The molecule has 84 valence electrons. The van der Waals surface area contributed by atoms with Gasteiger partial charge in [0.25, 0.3) is 0 Å². The van der Waals surface area contributed by atoms with E-state index < -0.39 is 0 Å². The lowest BCUT2D eigenvalue weighted by Gasteiger charge is -2.07. The number of nitrogens with zero attached hydrogens (tertiary/aromatic N) is 1. The largest absolute Gasteiger partial charge is 0.393 e. The zero-order valence-electron chi connectivity index (χ0n) is 8.78. The van der Waals surface area contributed by atoms with Crippen molar-refractivity contribution in [3.8, 4) is 0 Å². The second kappa shape index (κ2) is 5.32. The summed E-state index contributed by atoms with van der Waals surface area (Å²) < 4.78 is 1.32. The van der Waals surface area contributed by atoms with Gasteiger partial charge in [-0.05, 0) is 12.1 Å². The molecule has 0 aliphatic heterocycles. The van der Waals surface area contributed by atoms with Crippen molar-refractivity contribution in [1.29, 1.82) is 16.2 Å². The molecule has 0 saturated heterocycles. The van der Waals surface area contributed by atoms with Crippen LogP contribution in [0.3, 0.4) is 0 Å². The Morgan fingerprint density at radius 1 is 1.50 bits per heavy atom. The Balaban J connectivity index is 3.32. The van der Waals surface area contributed by atoms with E-state index in [0.29, 0.717) is 5.57 Å². The molecule has 0 spiro atoms. The molecular weight excluding hydrogens is 222 g/mol. The van der Waals surface area contributed by atoms with Gasteiger partial charge >= 0.3 is 0 Å². The third-order valence-corrected chi connectivity index (χ3v) is 2.18. The van der Waals surface area contributed by atoms with Crippen LogP contribution in [0.15, 0.2) is 24.5 Å². The maximum atomic E-state index is 7.58. The number of hydrogen-bond donors (Lipinski definition) is 5. The van der Waals surface area contributed by atoms with Crippen molar-refractivity contribution in [3.05, 3.63) is 35.6 Å². The molecule has 0 radical (unpaired) electrons. The SMILES string of the molecule is CN/C=C(\C=N)c1ccc(=N)n(C(=N)S)c1. The lowest BCUT2D eigenvalue weighted by atomic mass is 10.1. The van der Waals surface area contributed by atoms with E-state index >= 15 is 0 Å². The summed E-state index contributed by atoms with van der Waals surface area (Å²) in [6, 6.07) is 3.29. The van der Waals surface area contributed by atoms with Gasteiger partial charge in [0, 0.05) is 36.8 Å². The molecule has 0 saturated carbocycles. The van der Waals surface area contributed by atoms with Gasteiger partial charge in [-0.1, -0.05) is 0 Å². The standard InChI is InChI=1S/C10H13N5S/c1-14-5-8(4-11)7-2-3-9(12)15(6-7)10(13)16/h2-6,11-12,14H,1H3,(H2,13,16)/b8-5+,11-4?,12-9?. The minimum absolute atomic E-state index is 0.0272. The summed E-state index contributed by atoms with van der Waals surface area (Å²) in [7, 11) is 1.75. The molecule has 0 aliphatic carbocycles. The summed E-state index contributed by atoms with van der Waals surface area (Å²) in [6.07, 6.45) is 4.49. The summed E-state index contributed by atoms with van der Waals surface area (Å²) in [5, 5.41) is 25.0. The van der Waals surface area contributed by atoms with Crippen molar-refractivity contribution < 1.29 is 0 Å². The van der Waals surface area contributed by atoms with E-state index in [1.165, 1.54) is 10.8 Å². The van der Waals surface area contributed by atoms with Crippen LogP contribution in [-0.4, -0.2) is 23.0 Å². The monoisotopic (exact) mass is 235 g/mol. The predicted octanol–water partition coefficient (Wildman–Crippen LogP) is 0.890. The molecule has 5 nitrogen and oxygen atoms in total. The van der Waals surface area contributed by atoms with Gasteiger partial charge < -0.3 is 10.7 Å². The molecule has 0 amide bonds. The Bertz CT molecular complexity index is 500.